The molecule has 0 amide bonds. The Balaban J connectivity index is 2.01. The standard InChI is InChI=1S/C16H17N3S/c1-10-4-5-12-8-13(6-7-14(12)19-10)16-18-9-15(20-16)11(2)17-3/h4-9,11,17H,1-3H3. The van der Waals surface area contributed by atoms with Gasteiger partial charge in [0.15, 0.2) is 0 Å². The Morgan fingerprint density at radius 2 is 2.05 bits per heavy atom. The second-order valence-corrected chi connectivity index (χ2v) is 6.00. The Morgan fingerprint density at radius 1 is 1.20 bits per heavy atom. The summed E-state index contributed by atoms with van der Waals surface area (Å²) in [6.45, 7) is 4.16. The number of benzene rings is 1. The van der Waals surface area contributed by atoms with Crippen LogP contribution in [0, 0.1) is 6.92 Å². The maximum atomic E-state index is 4.54. The van der Waals surface area contributed by atoms with Crippen LogP contribution in [0.1, 0.15) is 23.5 Å². The third-order valence-corrected chi connectivity index (χ3v) is 4.69. The second-order valence-electron chi connectivity index (χ2n) is 4.94. The van der Waals surface area contributed by atoms with Crippen molar-refractivity contribution in [1.29, 1.82) is 0 Å². The lowest BCUT2D eigenvalue weighted by atomic mass is 10.1. The zero-order chi connectivity index (χ0) is 14.1. The lowest BCUT2D eigenvalue weighted by Gasteiger charge is -2.05. The van der Waals surface area contributed by atoms with Crippen LogP contribution in [0.4, 0.5) is 0 Å². The number of nitrogens with one attached hydrogen (secondary N) is 1. The van der Waals surface area contributed by atoms with E-state index in [4.69, 9.17) is 0 Å². The summed E-state index contributed by atoms with van der Waals surface area (Å²) in [5, 5.41) is 5.46. The van der Waals surface area contributed by atoms with Crippen molar-refractivity contribution in [3.8, 4) is 10.6 Å². The number of hydrogen-bond donors (Lipinski definition) is 1. The van der Waals surface area contributed by atoms with Crippen molar-refractivity contribution in [3.63, 3.8) is 0 Å². The normalized spacial score (nSPS) is 12.8. The van der Waals surface area contributed by atoms with Crippen molar-refractivity contribution in [2.24, 2.45) is 0 Å². The van der Waals surface area contributed by atoms with Gasteiger partial charge in [0.2, 0.25) is 0 Å². The largest absolute Gasteiger partial charge is 0.312 e. The van der Waals surface area contributed by atoms with Gasteiger partial charge < -0.3 is 5.32 Å². The molecule has 0 bridgehead atoms. The van der Waals surface area contributed by atoms with Gasteiger partial charge in [0.25, 0.3) is 0 Å². The minimum atomic E-state index is 0.339. The van der Waals surface area contributed by atoms with Crippen LogP contribution in [0.15, 0.2) is 36.5 Å². The molecule has 1 aromatic carbocycles. The second kappa shape index (κ2) is 5.31. The number of rotatable bonds is 3. The van der Waals surface area contributed by atoms with E-state index in [2.05, 4.69) is 46.5 Å². The van der Waals surface area contributed by atoms with Crippen molar-refractivity contribution >= 4 is 22.2 Å². The van der Waals surface area contributed by atoms with Crippen LogP contribution in [0.2, 0.25) is 0 Å². The summed E-state index contributed by atoms with van der Waals surface area (Å²) in [6.07, 6.45) is 1.96. The number of thiazole rings is 1. The Morgan fingerprint density at radius 3 is 2.85 bits per heavy atom. The molecule has 4 heteroatoms. The zero-order valence-electron chi connectivity index (χ0n) is 11.8. The van der Waals surface area contributed by atoms with Gasteiger partial charge in [-0.25, -0.2) is 4.98 Å². The first-order valence-electron chi connectivity index (χ1n) is 6.68. The van der Waals surface area contributed by atoms with Crippen molar-refractivity contribution in [2.75, 3.05) is 7.05 Å². The van der Waals surface area contributed by atoms with Gasteiger partial charge >= 0.3 is 0 Å². The zero-order valence-corrected chi connectivity index (χ0v) is 12.7. The molecule has 2 aromatic heterocycles. The highest BCUT2D eigenvalue weighted by Crippen LogP contribution is 2.30. The number of pyridine rings is 1. The molecule has 0 saturated heterocycles. The Kier molecular flexibility index (Phi) is 3.51. The quantitative estimate of drug-likeness (QED) is 0.791. The lowest BCUT2D eigenvalue weighted by molar-refractivity contribution is 0.662. The Labute approximate surface area is 122 Å². The number of aryl methyl sites for hydroxylation is 1. The monoisotopic (exact) mass is 283 g/mol. The molecule has 0 spiro atoms. The molecule has 0 aliphatic heterocycles. The summed E-state index contributed by atoms with van der Waals surface area (Å²) >= 11 is 1.74. The summed E-state index contributed by atoms with van der Waals surface area (Å²) in [5.41, 5.74) is 3.24. The molecule has 20 heavy (non-hydrogen) atoms. The molecule has 3 nitrogen and oxygen atoms in total. The molecule has 0 aliphatic rings. The van der Waals surface area contributed by atoms with Crippen LogP contribution in [-0.2, 0) is 0 Å². The fourth-order valence-electron chi connectivity index (χ4n) is 2.12. The first-order valence-corrected chi connectivity index (χ1v) is 7.50. The highest BCUT2D eigenvalue weighted by atomic mass is 32.1. The molecule has 1 unspecified atom stereocenters. The average Bonchev–Trinajstić information content (AvgIpc) is 2.95. The number of hydrogen-bond acceptors (Lipinski definition) is 4. The summed E-state index contributed by atoms with van der Waals surface area (Å²) in [5.74, 6) is 0. The topological polar surface area (TPSA) is 37.8 Å². The molecule has 3 aromatic rings. The molecule has 0 radical (unpaired) electrons. The van der Waals surface area contributed by atoms with E-state index in [1.807, 2.05) is 26.2 Å². The van der Waals surface area contributed by atoms with E-state index in [0.29, 0.717) is 6.04 Å². The van der Waals surface area contributed by atoms with Gasteiger partial charge in [-0.3, -0.25) is 4.98 Å². The first-order chi connectivity index (χ1) is 9.67. The molecular formula is C16H17N3S. The van der Waals surface area contributed by atoms with Crippen LogP contribution in [0.3, 0.4) is 0 Å². The van der Waals surface area contributed by atoms with E-state index < -0.39 is 0 Å². The molecule has 3 rings (SSSR count). The summed E-state index contributed by atoms with van der Waals surface area (Å²) in [4.78, 5) is 10.3. The van der Waals surface area contributed by atoms with Crippen LogP contribution in [0.5, 0.6) is 0 Å². The number of fused-ring (bicyclic) bond motifs is 1. The Hall–Kier alpha value is -1.78. The van der Waals surface area contributed by atoms with Crippen molar-refractivity contribution in [3.05, 3.63) is 47.1 Å². The smallest absolute Gasteiger partial charge is 0.123 e. The van der Waals surface area contributed by atoms with Gasteiger partial charge in [-0.1, -0.05) is 6.07 Å². The van der Waals surface area contributed by atoms with E-state index in [1.54, 1.807) is 11.3 Å². The molecule has 0 fully saturated rings. The predicted octanol–water partition coefficient (Wildman–Crippen LogP) is 3.95. The SMILES string of the molecule is CNC(C)c1cnc(-c2ccc3nc(C)ccc3c2)s1. The lowest BCUT2D eigenvalue weighted by Crippen LogP contribution is -2.10. The predicted molar refractivity (Wildman–Crippen MR) is 85.1 cm³/mol. The number of nitrogens with zero attached hydrogens (tertiary/aromatic N) is 2. The number of aromatic nitrogens is 2. The fraction of sp³-hybridized carbons (Fsp3) is 0.250. The maximum Gasteiger partial charge on any atom is 0.123 e. The van der Waals surface area contributed by atoms with Crippen molar-refractivity contribution in [2.45, 2.75) is 19.9 Å². The van der Waals surface area contributed by atoms with Crippen LogP contribution >= 0.6 is 11.3 Å². The Bertz CT molecular complexity index is 748. The van der Waals surface area contributed by atoms with Gasteiger partial charge in [-0.15, -0.1) is 11.3 Å². The van der Waals surface area contributed by atoms with E-state index in [9.17, 15) is 0 Å². The fourth-order valence-corrected chi connectivity index (χ4v) is 3.10. The van der Waals surface area contributed by atoms with Gasteiger partial charge in [0.1, 0.15) is 5.01 Å². The summed E-state index contributed by atoms with van der Waals surface area (Å²) in [6, 6.07) is 10.8. The first kappa shape index (κ1) is 13.2. The molecular weight excluding hydrogens is 266 g/mol. The van der Waals surface area contributed by atoms with Crippen molar-refractivity contribution < 1.29 is 0 Å². The summed E-state index contributed by atoms with van der Waals surface area (Å²) in [7, 11) is 1.97. The van der Waals surface area contributed by atoms with Crippen LogP contribution in [-0.4, -0.2) is 17.0 Å². The molecule has 0 aliphatic carbocycles. The highest BCUT2D eigenvalue weighted by molar-refractivity contribution is 7.15. The molecule has 2 heterocycles. The van der Waals surface area contributed by atoms with Crippen molar-refractivity contribution in [1.82, 2.24) is 15.3 Å². The van der Waals surface area contributed by atoms with E-state index in [-0.39, 0.29) is 0 Å². The third kappa shape index (κ3) is 2.44. The highest BCUT2D eigenvalue weighted by Gasteiger charge is 2.10. The third-order valence-electron chi connectivity index (χ3n) is 3.46. The average molecular weight is 283 g/mol. The van der Waals surface area contributed by atoms with Gasteiger partial charge in [-0.2, -0.15) is 0 Å². The van der Waals surface area contributed by atoms with Gasteiger partial charge in [0, 0.05) is 33.8 Å². The molecule has 102 valence electrons. The molecule has 0 saturated carbocycles. The van der Waals surface area contributed by atoms with Crippen LogP contribution < -0.4 is 5.32 Å². The van der Waals surface area contributed by atoms with Crippen LogP contribution in [0.25, 0.3) is 21.5 Å². The van der Waals surface area contributed by atoms with E-state index in [1.165, 1.54) is 4.88 Å². The van der Waals surface area contributed by atoms with E-state index in [0.717, 1.165) is 27.2 Å². The summed E-state index contributed by atoms with van der Waals surface area (Å²) < 4.78 is 0. The van der Waals surface area contributed by atoms with Gasteiger partial charge in [0.05, 0.1) is 5.52 Å². The van der Waals surface area contributed by atoms with E-state index >= 15 is 0 Å². The molecule has 1 atom stereocenters. The molecule has 1 N–H and O–H groups in total. The minimum Gasteiger partial charge on any atom is -0.312 e. The minimum absolute atomic E-state index is 0.339. The van der Waals surface area contributed by atoms with Gasteiger partial charge in [-0.05, 0) is 45.2 Å². The maximum absolute atomic E-state index is 4.54.